The standard InChI is InChI=1S/C14H32N2O2/c1-6-13(7-2)16(9-10-17-4)14(12-18-5)11-15-8-3/h13-15H,6-12H2,1-5H3. The number of hydrogen-bond acceptors (Lipinski definition) is 4. The van der Waals surface area contributed by atoms with E-state index in [0.29, 0.717) is 12.1 Å². The van der Waals surface area contributed by atoms with Gasteiger partial charge in [-0.3, -0.25) is 4.90 Å². The Morgan fingerprint density at radius 3 is 2.11 bits per heavy atom. The first-order chi connectivity index (χ1) is 8.74. The number of likely N-dealkylation sites (N-methyl/N-ethyl adjacent to an activating group) is 1. The van der Waals surface area contributed by atoms with E-state index in [9.17, 15) is 0 Å². The van der Waals surface area contributed by atoms with Gasteiger partial charge in [0.05, 0.1) is 13.2 Å². The van der Waals surface area contributed by atoms with Crippen molar-refractivity contribution >= 4 is 0 Å². The zero-order valence-corrected chi connectivity index (χ0v) is 12.9. The summed E-state index contributed by atoms with van der Waals surface area (Å²) in [5, 5.41) is 3.43. The van der Waals surface area contributed by atoms with Gasteiger partial charge >= 0.3 is 0 Å². The minimum absolute atomic E-state index is 0.426. The lowest BCUT2D eigenvalue weighted by molar-refractivity contribution is 0.0369. The molecule has 18 heavy (non-hydrogen) atoms. The summed E-state index contributed by atoms with van der Waals surface area (Å²) in [6.45, 7) is 11.2. The van der Waals surface area contributed by atoms with Crippen molar-refractivity contribution in [1.29, 1.82) is 0 Å². The summed E-state index contributed by atoms with van der Waals surface area (Å²) in [5.74, 6) is 0. The molecule has 110 valence electrons. The van der Waals surface area contributed by atoms with Crippen molar-refractivity contribution in [1.82, 2.24) is 10.2 Å². The van der Waals surface area contributed by atoms with Crippen LogP contribution in [0.15, 0.2) is 0 Å². The second-order valence-corrected chi connectivity index (χ2v) is 4.62. The summed E-state index contributed by atoms with van der Waals surface area (Å²) in [5.41, 5.74) is 0. The van der Waals surface area contributed by atoms with E-state index >= 15 is 0 Å². The van der Waals surface area contributed by atoms with Crippen LogP contribution in [0, 0.1) is 0 Å². The molecule has 0 fully saturated rings. The van der Waals surface area contributed by atoms with Gasteiger partial charge in [0.2, 0.25) is 0 Å². The van der Waals surface area contributed by atoms with Crippen LogP contribution in [0.25, 0.3) is 0 Å². The van der Waals surface area contributed by atoms with Crippen LogP contribution in [-0.4, -0.2) is 64.1 Å². The maximum Gasteiger partial charge on any atom is 0.0630 e. The molecule has 0 aromatic rings. The molecule has 4 heteroatoms. The van der Waals surface area contributed by atoms with Gasteiger partial charge in [0, 0.05) is 39.4 Å². The lowest BCUT2D eigenvalue weighted by Crippen LogP contribution is -2.51. The molecule has 0 saturated carbocycles. The minimum atomic E-state index is 0.426. The topological polar surface area (TPSA) is 33.7 Å². The Morgan fingerprint density at radius 2 is 1.67 bits per heavy atom. The summed E-state index contributed by atoms with van der Waals surface area (Å²) < 4.78 is 10.6. The smallest absolute Gasteiger partial charge is 0.0630 e. The second-order valence-electron chi connectivity index (χ2n) is 4.62. The molecule has 0 bridgehead atoms. The number of ether oxygens (including phenoxy) is 2. The zero-order valence-electron chi connectivity index (χ0n) is 12.9. The first-order valence-corrected chi connectivity index (χ1v) is 7.19. The molecule has 0 aliphatic heterocycles. The van der Waals surface area contributed by atoms with Gasteiger partial charge in [-0.1, -0.05) is 20.8 Å². The summed E-state index contributed by atoms with van der Waals surface area (Å²) in [4.78, 5) is 2.54. The average molecular weight is 260 g/mol. The van der Waals surface area contributed by atoms with E-state index in [0.717, 1.165) is 32.8 Å². The van der Waals surface area contributed by atoms with Gasteiger partial charge in [-0.25, -0.2) is 0 Å². The summed E-state index contributed by atoms with van der Waals surface area (Å²) in [6.07, 6.45) is 2.35. The van der Waals surface area contributed by atoms with Crippen molar-refractivity contribution < 1.29 is 9.47 Å². The molecule has 1 atom stereocenters. The molecule has 0 radical (unpaired) electrons. The third kappa shape index (κ3) is 6.69. The van der Waals surface area contributed by atoms with Crippen molar-refractivity contribution in [2.75, 3.05) is 47.1 Å². The Balaban J connectivity index is 4.59. The van der Waals surface area contributed by atoms with Crippen LogP contribution >= 0.6 is 0 Å². The van der Waals surface area contributed by atoms with Gasteiger partial charge < -0.3 is 14.8 Å². The van der Waals surface area contributed by atoms with Crippen LogP contribution in [0.5, 0.6) is 0 Å². The zero-order chi connectivity index (χ0) is 13.8. The van der Waals surface area contributed by atoms with Crippen LogP contribution in [0.2, 0.25) is 0 Å². The van der Waals surface area contributed by atoms with Crippen molar-refractivity contribution in [3.63, 3.8) is 0 Å². The van der Waals surface area contributed by atoms with E-state index in [1.807, 2.05) is 0 Å². The first-order valence-electron chi connectivity index (χ1n) is 7.19. The maximum atomic E-state index is 5.38. The average Bonchev–Trinajstić information content (AvgIpc) is 2.40. The van der Waals surface area contributed by atoms with E-state index in [1.54, 1.807) is 14.2 Å². The quantitative estimate of drug-likeness (QED) is 0.579. The normalized spacial score (nSPS) is 13.5. The van der Waals surface area contributed by atoms with Gasteiger partial charge in [-0.15, -0.1) is 0 Å². The highest BCUT2D eigenvalue weighted by molar-refractivity contribution is 4.79. The number of nitrogens with one attached hydrogen (secondary N) is 1. The van der Waals surface area contributed by atoms with Gasteiger partial charge in [0.25, 0.3) is 0 Å². The number of rotatable bonds is 12. The lowest BCUT2D eigenvalue weighted by Gasteiger charge is -2.37. The molecule has 1 unspecified atom stereocenters. The number of nitrogens with zero attached hydrogens (tertiary/aromatic N) is 1. The predicted octanol–water partition coefficient (Wildman–Crippen LogP) is 1.75. The Hall–Kier alpha value is -0.160. The van der Waals surface area contributed by atoms with Crippen LogP contribution in [0.1, 0.15) is 33.6 Å². The van der Waals surface area contributed by atoms with Gasteiger partial charge in [-0.05, 0) is 19.4 Å². The molecule has 1 N–H and O–H groups in total. The Kier molecular flexibility index (Phi) is 11.8. The van der Waals surface area contributed by atoms with Crippen molar-refractivity contribution in [3.05, 3.63) is 0 Å². The molecular formula is C14H32N2O2. The Morgan fingerprint density at radius 1 is 1.00 bits per heavy atom. The first kappa shape index (κ1) is 17.8. The maximum absolute atomic E-state index is 5.38. The fourth-order valence-corrected chi connectivity index (χ4v) is 2.39. The summed E-state index contributed by atoms with van der Waals surface area (Å²) in [6, 6.07) is 1.04. The van der Waals surface area contributed by atoms with Crippen molar-refractivity contribution in [2.45, 2.75) is 45.7 Å². The van der Waals surface area contributed by atoms with Crippen molar-refractivity contribution in [3.8, 4) is 0 Å². The van der Waals surface area contributed by atoms with Gasteiger partial charge in [-0.2, -0.15) is 0 Å². The molecule has 0 amide bonds. The van der Waals surface area contributed by atoms with Crippen molar-refractivity contribution in [2.24, 2.45) is 0 Å². The molecular weight excluding hydrogens is 228 g/mol. The highest BCUT2D eigenvalue weighted by Crippen LogP contribution is 2.13. The van der Waals surface area contributed by atoms with E-state index in [2.05, 4.69) is 31.0 Å². The third-order valence-corrected chi connectivity index (χ3v) is 3.42. The molecule has 0 spiro atoms. The molecule has 4 nitrogen and oxygen atoms in total. The van der Waals surface area contributed by atoms with E-state index in [-0.39, 0.29) is 0 Å². The fourth-order valence-electron chi connectivity index (χ4n) is 2.39. The largest absolute Gasteiger partial charge is 0.383 e. The van der Waals surface area contributed by atoms with Gasteiger partial charge in [0.15, 0.2) is 0 Å². The Bertz CT molecular complexity index is 175. The lowest BCUT2D eigenvalue weighted by atomic mass is 10.1. The van der Waals surface area contributed by atoms with E-state index in [4.69, 9.17) is 9.47 Å². The second kappa shape index (κ2) is 11.9. The van der Waals surface area contributed by atoms with Crippen LogP contribution in [0.3, 0.4) is 0 Å². The molecule has 0 aromatic carbocycles. The van der Waals surface area contributed by atoms with Crippen LogP contribution in [0.4, 0.5) is 0 Å². The fraction of sp³-hybridized carbons (Fsp3) is 1.00. The Labute approximate surface area is 113 Å². The predicted molar refractivity (Wildman–Crippen MR) is 77.2 cm³/mol. The summed E-state index contributed by atoms with van der Waals surface area (Å²) >= 11 is 0. The highest BCUT2D eigenvalue weighted by Gasteiger charge is 2.23. The number of hydrogen-bond donors (Lipinski definition) is 1. The minimum Gasteiger partial charge on any atom is -0.383 e. The molecule has 0 aliphatic carbocycles. The van der Waals surface area contributed by atoms with E-state index in [1.165, 1.54) is 12.8 Å². The summed E-state index contributed by atoms with van der Waals surface area (Å²) in [7, 11) is 3.54. The van der Waals surface area contributed by atoms with E-state index < -0.39 is 0 Å². The number of methoxy groups -OCH3 is 2. The SMILES string of the molecule is CCNCC(COC)N(CCOC)C(CC)CC. The molecule has 0 aromatic heterocycles. The third-order valence-electron chi connectivity index (χ3n) is 3.42. The van der Waals surface area contributed by atoms with Crippen LogP contribution < -0.4 is 5.32 Å². The molecule has 0 rings (SSSR count). The van der Waals surface area contributed by atoms with Gasteiger partial charge in [0.1, 0.15) is 0 Å². The molecule has 0 saturated heterocycles. The highest BCUT2D eigenvalue weighted by atomic mass is 16.5. The monoisotopic (exact) mass is 260 g/mol. The van der Waals surface area contributed by atoms with Crippen LogP contribution in [-0.2, 0) is 9.47 Å². The molecule has 0 heterocycles. The molecule has 0 aliphatic rings.